The molecule has 78 valence electrons. The highest BCUT2D eigenvalue weighted by Gasteiger charge is 2.16. The Morgan fingerprint density at radius 3 is 2.73 bits per heavy atom. The Morgan fingerprint density at radius 2 is 2.07 bits per heavy atom. The quantitative estimate of drug-likeness (QED) is 0.730. The molecule has 0 aromatic heterocycles. The minimum absolute atomic E-state index is 0.0961. The van der Waals surface area contributed by atoms with Gasteiger partial charge in [-0.15, -0.1) is 5.43 Å². The summed E-state index contributed by atoms with van der Waals surface area (Å²) in [6.07, 6.45) is 2.19. The second-order valence-corrected chi connectivity index (χ2v) is 3.50. The maximum atomic E-state index is 11.7. The summed E-state index contributed by atoms with van der Waals surface area (Å²) in [7, 11) is 0. The Bertz CT molecular complexity index is 373. The van der Waals surface area contributed by atoms with Gasteiger partial charge in [0.25, 0.3) is 0 Å². The van der Waals surface area contributed by atoms with Gasteiger partial charge >= 0.3 is 5.91 Å². The van der Waals surface area contributed by atoms with Gasteiger partial charge in [-0.25, -0.2) is 0 Å². The minimum atomic E-state index is -0.0961. The van der Waals surface area contributed by atoms with Crippen molar-refractivity contribution in [3.63, 3.8) is 0 Å². The largest absolute Gasteiger partial charge is 0.307 e. The Labute approximate surface area is 88.6 Å². The number of hydrogen-bond acceptors (Lipinski definition) is 2. The zero-order valence-electron chi connectivity index (χ0n) is 8.52. The Kier molecular flexibility index (Phi) is 3.07. The van der Waals surface area contributed by atoms with E-state index in [1.165, 1.54) is 0 Å². The molecule has 1 aliphatic heterocycles. The van der Waals surface area contributed by atoms with E-state index in [0.717, 1.165) is 25.9 Å². The normalized spacial score (nSPS) is 15.6. The van der Waals surface area contributed by atoms with Crippen LogP contribution in [-0.4, -0.2) is 23.8 Å². The third-order valence-corrected chi connectivity index (χ3v) is 2.32. The lowest BCUT2D eigenvalue weighted by Gasteiger charge is -2.05. The molecule has 1 amide bonds. The molecule has 15 heavy (non-hydrogen) atoms. The molecule has 1 aliphatic rings. The van der Waals surface area contributed by atoms with E-state index >= 15 is 0 Å². The van der Waals surface area contributed by atoms with Crippen molar-refractivity contribution in [3.8, 4) is 0 Å². The van der Waals surface area contributed by atoms with Crippen LogP contribution in [0, 0.1) is 0 Å². The first-order valence-electron chi connectivity index (χ1n) is 5.17. The molecule has 1 aromatic rings. The molecule has 0 spiro atoms. The maximum Gasteiger partial charge on any atom is 0.307 e. The van der Waals surface area contributed by atoms with E-state index in [9.17, 15) is 4.79 Å². The van der Waals surface area contributed by atoms with Crippen molar-refractivity contribution in [2.24, 2.45) is 5.11 Å². The summed E-state index contributed by atoms with van der Waals surface area (Å²) < 4.78 is 0. The van der Waals surface area contributed by atoms with Gasteiger partial charge in [0, 0.05) is 12.0 Å². The number of nitrogens with zero attached hydrogens (tertiary/aromatic N) is 2. The van der Waals surface area contributed by atoms with Gasteiger partial charge in [0.2, 0.25) is 6.54 Å². The van der Waals surface area contributed by atoms with E-state index in [4.69, 9.17) is 0 Å². The Balaban J connectivity index is 2.01. The van der Waals surface area contributed by atoms with Crippen LogP contribution in [0.1, 0.15) is 23.2 Å². The minimum Gasteiger partial charge on any atom is -0.263 e. The molecule has 1 heterocycles. The van der Waals surface area contributed by atoms with E-state index in [1.807, 2.05) is 18.2 Å². The second-order valence-electron chi connectivity index (χ2n) is 3.50. The van der Waals surface area contributed by atoms with Gasteiger partial charge < -0.3 is 0 Å². The highest BCUT2D eigenvalue weighted by molar-refractivity contribution is 5.93. The van der Waals surface area contributed by atoms with E-state index in [1.54, 1.807) is 16.9 Å². The number of carbonyl (C=O) groups is 1. The van der Waals surface area contributed by atoms with Crippen LogP contribution in [0.4, 0.5) is 0 Å². The van der Waals surface area contributed by atoms with Crippen molar-refractivity contribution < 1.29 is 9.60 Å². The van der Waals surface area contributed by atoms with Crippen molar-refractivity contribution in [1.82, 2.24) is 5.43 Å². The number of hydrazine groups is 1. The van der Waals surface area contributed by atoms with Crippen LogP contribution < -0.4 is 5.43 Å². The highest BCUT2D eigenvalue weighted by Crippen LogP contribution is 2.01. The monoisotopic (exact) mass is 204 g/mol. The fraction of sp³-hybridized carbons (Fsp3) is 0.364. The number of azo groups is 1. The molecule has 4 nitrogen and oxygen atoms in total. The average molecular weight is 204 g/mol. The summed E-state index contributed by atoms with van der Waals surface area (Å²) in [5, 5.41) is 4.20. The molecular weight excluding hydrogens is 190 g/mol. The summed E-state index contributed by atoms with van der Waals surface area (Å²) in [6.45, 7) is 1.60. The van der Waals surface area contributed by atoms with Crippen LogP contribution in [-0.2, 0) is 0 Å². The third-order valence-electron chi connectivity index (χ3n) is 2.32. The number of nitrogens with one attached hydrogen (secondary N) is 1. The topological polar surface area (TPSA) is 44.5 Å². The molecule has 1 N–H and O–H groups in total. The Morgan fingerprint density at radius 1 is 1.27 bits per heavy atom. The molecule has 0 radical (unpaired) electrons. The second kappa shape index (κ2) is 4.68. The predicted octanol–water partition coefficient (Wildman–Crippen LogP) is 1.59. The SMILES string of the molecule is O=C(N[N+]1=NCCCC1)c1ccccc1. The van der Waals surface area contributed by atoms with Gasteiger partial charge in [-0.1, -0.05) is 18.2 Å². The molecule has 0 aliphatic carbocycles. The van der Waals surface area contributed by atoms with E-state index < -0.39 is 0 Å². The van der Waals surface area contributed by atoms with Crippen LogP contribution in [0.5, 0.6) is 0 Å². The standard InChI is InChI=1S/C11H13N3O/c15-11(10-6-2-1-3-7-10)13-14-9-5-4-8-12-14/h1-3,6-7H,4-5,8-9H2/p+1. The van der Waals surface area contributed by atoms with Crippen molar-refractivity contribution >= 4 is 5.91 Å². The lowest BCUT2D eigenvalue weighted by molar-refractivity contribution is -0.641. The number of carbonyl (C=O) groups excluding carboxylic acids is 1. The molecule has 0 fully saturated rings. The van der Waals surface area contributed by atoms with Crippen LogP contribution >= 0.6 is 0 Å². The molecule has 1 aromatic carbocycles. The molecule has 0 saturated heterocycles. The lowest BCUT2D eigenvalue weighted by Crippen LogP contribution is -2.36. The van der Waals surface area contributed by atoms with Gasteiger partial charge in [-0.05, 0) is 28.5 Å². The summed E-state index contributed by atoms with van der Waals surface area (Å²) in [4.78, 5) is 13.3. The third kappa shape index (κ3) is 2.62. The first kappa shape index (κ1) is 9.83. The maximum absolute atomic E-state index is 11.7. The van der Waals surface area contributed by atoms with E-state index in [2.05, 4.69) is 10.5 Å². The fourth-order valence-electron chi connectivity index (χ4n) is 1.50. The van der Waals surface area contributed by atoms with Crippen molar-refractivity contribution in [3.05, 3.63) is 35.9 Å². The summed E-state index contributed by atoms with van der Waals surface area (Å²) in [6, 6.07) is 9.17. The molecular formula is C11H14N3O+. The fourth-order valence-corrected chi connectivity index (χ4v) is 1.50. The lowest BCUT2D eigenvalue weighted by atomic mass is 10.2. The van der Waals surface area contributed by atoms with Crippen LogP contribution in [0.25, 0.3) is 0 Å². The van der Waals surface area contributed by atoms with Crippen LogP contribution in [0.2, 0.25) is 0 Å². The van der Waals surface area contributed by atoms with Crippen molar-refractivity contribution in [2.75, 3.05) is 13.1 Å². The highest BCUT2D eigenvalue weighted by atomic mass is 16.2. The first-order valence-corrected chi connectivity index (χ1v) is 5.17. The molecule has 0 bridgehead atoms. The molecule has 0 saturated carbocycles. The number of rotatable bonds is 2. The van der Waals surface area contributed by atoms with Crippen LogP contribution in [0.3, 0.4) is 0 Å². The summed E-state index contributed by atoms with van der Waals surface area (Å²) in [5.41, 5.74) is 3.43. The van der Waals surface area contributed by atoms with E-state index in [-0.39, 0.29) is 5.91 Å². The first-order chi connectivity index (χ1) is 7.36. The number of hydrogen-bond donors (Lipinski definition) is 1. The summed E-state index contributed by atoms with van der Waals surface area (Å²) >= 11 is 0. The van der Waals surface area contributed by atoms with Gasteiger partial charge in [0.05, 0.1) is 0 Å². The van der Waals surface area contributed by atoms with Crippen molar-refractivity contribution in [2.45, 2.75) is 12.8 Å². The molecule has 2 rings (SSSR count). The van der Waals surface area contributed by atoms with E-state index in [0.29, 0.717) is 5.56 Å². The number of amides is 1. The molecule has 4 heteroatoms. The predicted molar refractivity (Wildman–Crippen MR) is 55.6 cm³/mol. The van der Waals surface area contributed by atoms with Gasteiger partial charge in [0.15, 0.2) is 0 Å². The molecule has 0 unspecified atom stereocenters. The van der Waals surface area contributed by atoms with Gasteiger partial charge in [-0.3, -0.25) is 4.79 Å². The summed E-state index contributed by atoms with van der Waals surface area (Å²) in [5.74, 6) is -0.0961. The van der Waals surface area contributed by atoms with Crippen molar-refractivity contribution in [1.29, 1.82) is 0 Å². The number of benzene rings is 1. The average Bonchev–Trinajstić information content (AvgIpc) is 2.31. The zero-order valence-corrected chi connectivity index (χ0v) is 8.52. The van der Waals surface area contributed by atoms with Gasteiger partial charge in [0.1, 0.15) is 6.54 Å². The van der Waals surface area contributed by atoms with Gasteiger partial charge in [-0.2, -0.15) is 0 Å². The smallest absolute Gasteiger partial charge is 0.263 e. The Hall–Kier alpha value is -1.71. The molecule has 0 atom stereocenters. The zero-order chi connectivity index (χ0) is 10.5. The van der Waals surface area contributed by atoms with Crippen LogP contribution in [0.15, 0.2) is 35.4 Å².